The van der Waals surface area contributed by atoms with Crippen LogP contribution in [0.15, 0.2) is 30.6 Å². The van der Waals surface area contributed by atoms with Gasteiger partial charge in [0, 0.05) is 18.5 Å². The van der Waals surface area contributed by atoms with Crippen molar-refractivity contribution in [1.29, 1.82) is 0 Å². The van der Waals surface area contributed by atoms with Gasteiger partial charge < -0.3 is 10.5 Å². The number of imidazole rings is 1. The zero-order valence-corrected chi connectivity index (χ0v) is 8.90. The van der Waals surface area contributed by atoms with E-state index in [9.17, 15) is 0 Å². The molecule has 1 aromatic heterocycles. The molecule has 0 radical (unpaired) electrons. The minimum atomic E-state index is 0.430. The molecular formula is C10H10ClN3O. The maximum Gasteiger partial charge on any atom is 0.204 e. The summed E-state index contributed by atoms with van der Waals surface area (Å²) in [5.41, 5.74) is 6.55. The minimum absolute atomic E-state index is 0.430. The Bertz CT molecular complexity index is 481. The van der Waals surface area contributed by atoms with Gasteiger partial charge in [0.1, 0.15) is 5.75 Å². The number of aromatic nitrogens is 2. The molecule has 0 spiro atoms. The Hall–Kier alpha value is -1.68. The summed E-state index contributed by atoms with van der Waals surface area (Å²) in [5.74, 6) is 1.04. The lowest BCUT2D eigenvalue weighted by molar-refractivity contribution is 0.415. The van der Waals surface area contributed by atoms with Crippen LogP contribution in [0.25, 0.3) is 5.69 Å². The van der Waals surface area contributed by atoms with Gasteiger partial charge in [0.15, 0.2) is 0 Å². The van der Waals surface area contributed by atoms with Gasteiger partial charge in [-0.1, -0.05) is 11.6 Å². The van der Waals surface area contributed by atoms with E-state index in [4.69, 9.17) is 22.1 Å². The van der Waals surface area contributed by atoms with Gasteiger partial charge in [-0.25, -0.2) is 4.98 Å². The first-order valence-electron chi connectivity index (χ1n) is 4.35. The number of ether oxygens (including phenoxy) is 1. The summed E-state index contributed by atoms with van der Waals surface area (Å²) in [6.45, 7) is 0. The SMILES string of the molecule is COc1cc(-n2ccnc2N)ccc1Cl. The highest BCUT2D eigenvalue weighted by Crippen LogP contribution is 2.27. The number of nitrogen functional groups attached to an aromatic ring is 1. The van der Waals surface area contributed by atoms with Crippen LogP contribution in [0.5, 0.6) is 5.75 Å². The molecule has 0 aliphatic rings. The van der Waals surface area contributed by atoms with E-state index in [1.807, 2.05) is 6.07 Å². The second kappa shape index (κ2) is 3.82. The van der Waals surface area contributed by atoms with Gasteiger partial charge in [-0.05, 0) is 12.1 Å². The van der Waals surface area contributed by atoms with Crippen molar-refractivity contribution in [1.82, 2.24) is 9.55 Å². The second-order valence-corrected chi connectivity index (χ2v) is 3.38. The quantitative estimate of drug-likeness (QED) is 0.849. The number of anilines is 1. The monoisotopic (exact) mass is 223 g/mol. The summed E-state index contributed by atoms with van der Waals surface area (Å²) in [6.07, 6.45) is 3.41. The normalized spacial score (nSPS) is 10.3. The van der Waals surface area contributed by atoms with Crippen molar-refractivity contribution in [2.24, 2.45) is 0 Å². The van der Waals surface area contributed by atoms with Crippen molar-refractivity contribution in [2.45, 2.75) is 0 Å². The molecule has 2 rings (SSSR count). The molecule has 0 atom stereocenters. The maximum absolute atomic E-state index is 5.92. The highest BCUT2D eigenvalue weighted by Gasteiger charge is 2.05. The van der Waals surface area contributed by atoms with Crippen LogP contribution in [-0.2, 0) is 0 Å². The maximum atomic E-state index is 5.92. The van der Waals surface area contributed by atoms with Gasteiger partial charge in [0.2, 0.25) is 5.95 Å². The molecule has 0 aliphatic carbocycles. The summed E-state index contributed by atoms with van der Waals surface area (Å²) in [7, 11) is 1.57. The molecule has 1 aromatic carbocycles. The van der Waals surface area contributed by atoms with Crippen molar-refractivity contribution in [3.8, 4) is 11.4 Å². The molecule has 2 N–H and O–H groups in total. The minimum Gasteiger partial charge on any atom is -0.495 e. The number of hydrogen-bond donors (Lipinski definition) is 1. The van der Waals surface area contributed by atoms with Gasteiger partial charge in [-0.2, -0.15) is 0 Å². The number of hydrogen-bond acceptors (Lipinski definition) is 3. The Morgan fingerprint density at radius 3 is 2.87 bits per heavy atom. The first-order chi connectivity index (χ1) is 7.22. The molecule has 4 nitrogen and oxygen atoms in total. The Labute approximate surface area is 92.2 Å². The topological polar surface area (TPSA) is 53.1 Å². The van der Waals surface area contributed by atoms with Crippen LogP contribution in [-0.4, -0.2) is 16.7 Å². The van der Waals surface area contributed by atoms with E-state index in [-0.39, 0.29) is 0 Å². The third-order valence-corrected chi connectivity index (χ3v) is 2.39. The molecule has 15 heavy (non-hydrogen) atoms. The molecule has 0 unspecified atom stereocenters. The molecule has 0 amide bonds. The summed E-state index contributed by atoms with van der Waals surface area (Å²) < 4.78 is 6.87. The molecule has 0 bridgehead atoms. The van der Waals surface area contributed by atoms with Gasteiger partial charge in [-0.15, -0.1) is 0 Å². The van der Waals surface area contributed by atoms with Gasteiger partial charge >= 0.3 is 0 Å². The number of nitrogens with two attached hydrogens (primary N) is 1. The van der Waals surface area contributed by atoms with E-state index >= 15 is 0 Å². The lowest BCUT2D eigenvalue weighted by atomic mass is 10.3. The summed E-state index contributed by atoms with van der Waals surface area (Å²) in [4.78, 5) is 3.94. The van der Waals surface area contributed by atoms with Crippen LogP contribution in [0.4, 0.5) is 5.95 Å². The first-order valence-corrected chi connectivity index (χ1v) is 4.73. The van der Waals surface area contributed by atoms with Crippen LogP contribution in [0, 0.1) is 0 Å². The lowest BCUT2D eigenvalue weighted by Gasteiger charge is -2.08. The van der Waals surface area contributed by atoms with Crippen LogP contribution < -0.4 is 10.5 Å². The van der Waals surface area contributed by atoms with E-state index in [0.717, 1.165) is 5.69 Å². The van der Waals surface area contributed by atoms with Crippen molar-refractivity contribution >= 4 is 17.5 Å². The predicted octanol–water partition coefficient (Wildman–Crippen LogP) is 2.12. The summed E-state index contributed by atoms with van der Waals surface area (Å²) >= 11 is 5.92. The molecule has 5 heteroatoms. The first kappa shape index (κ1) is 9.86. The van der Waals surface area contributed by atoms with Crippen molar-refractivity contribution < 1.29 is 4.74 Å². The zero-order chi connectivity index (χ0) is 10.8. The van der Waals surface area contributed by atoms with Crippen LogP contribution >= 0.6 is 11.6 Å². The Morgan fingerprint density at radius 1 is 1.47 bits per heavy atom. The number of rotatable bonds is 2. The fourth-order valence-electron chi connectivity index (χ4n) is 1.33. The summed E-state index contributed by atoms with van der Waals surface area (Å²) in [6, 6.07) is 5.42. The van der Waals surface area contributed by atoms with Crippen LogP contribution in [0.1, 0.15) is 0 Å². The number of halogens is 1. The van der Waals surface area contributed by atoms with Gasteiger partial charge in [0.05, 0.1) is 17.8 Å². The van der Waals surface area contributed by atoms with Gasteiger partial charge in [0.25, 0.3) is 0 Å². The van der Waals surface area contributed by atoms with E-state index in [1.54, 1.807) is 36.2 Å². The average molecular weight is 224 g/mol. The van der Waals surface area contributed by atoms with Crippen molar-refractivity contribution in [2.75, 3.05) is 12.8 Å². The van der Waals surface area contributed by atoms with Crippen molar-refractivity contribution in [3.63, 3.8) is 0 Å². The van der Waals surface area contributed by atoms with Crippen LogP contribution in [0.3, 0.4) is 0 Å². The van der Waals surface area contributed by atoms with Crippen molar-refractivity contribution in [3.05, 3.63) is 35.6 Å². The number of methoxy groups -OCH3 is 1. The molecule has 2 aromatic rings. The third kappa shape index (κ3) is 1.76. The highest BCUT2D eigenvalue weighted by atomic mass is 35.5. The zero-order valence-electron chi connectivity index (χ0n) is 8.14. The van der Waals surface area contributed by atoms with E-state index < -0.39 is 0 Å². The predicted molar refractivity (Wildman–Crippen MR) is 59.5 cm³/mol. The Morgan fingerprint density at radius 2 is 2.27 bits per heavy atom. The molecule has 1 heterocycles. The molecule has 78 valence electrons. The average Bonchev–Trinajstić information content (AvgIpc) is 2.65. The van der Waals surface area contributed by atoms with E-state index in [2.05, 4.69) is 4.98 Å². The number of benzene rings is 1. The van der Waals surface area contributed by atoms with E-state index in [1.165, 1.54) is 0 Å². The molecule has 0 fully saturated rings. The van der Waals surface area contributed by atoms with Crippen LogP contribution in [0.2, 0.25) is 5.02 Å². The third-order valence-electron chi connectivity index (χ3n) is 2.08. The largest absolute Gasteiger partial charge is 0.495 e. The van der Waals surface area contributed by atoms with E-state index in [0.29, 0.717) is 16.7 Å². The standard InChI is InChI=1S/C10H10ClN3O/c1-15-9-6-7(2-3-8(9)11)14-5-4-13-10(14)12/h2-6H,1H3,(H2,12,13). The molecule has 0 saturated heterocycles. The lowest BCUT2D eigenvalue weighted by Crippen LogP contribution is -1.99. The smallest absolute Gasteiger partial charge is 0.204 e. The fourth-order valence-corrected chi connectivity index (χ4v) is 1.53. The second-order valence-electron chi connectivity index (χ2n) is 2.97. The summed E-state index contributed by atoms with van der Waals surface area (Å²) in [5, 5.41) is 0.569. The molecule has 0 aliphatic heterocycles. The highest BCUT2D eigenvalue weighted by molar-refractivity contribution is 6.32. The Kier molecular flexibility index (Phi) is 2.51. The molecular weight excluding hydrogens is 214 g/mol. The number of nitrogens with zero attached hydrogens (tertiary/aromatic N) is 2. The fraction of sp³-hybridized carbons (Fsp3) is 0.100. The Balaban J connectivity index is 2.51. The van der Waals surface area contributed by atoms with Gasteiger partial charge in [-0.3, -0.25) is 4.57 Å². The molecule has 0 saturated carbocycles.